The molecule has 0 aliphatic rings. The fraction of sp³-hybridized carbons (Fsp3) is 0.125. The maximum atomic E-state index is 8.26. The molecule has 0 rings (SSSR count). The summed E-state index contributed by atoms with van der Waals surface area (Å²) in [7, 11) is 0. The van der Waals surface area contributed by atoms with Crippen LogP contribution in [0.4, 0.5) is 0 Å². The summed E-state index contributed by atoms with van der Waals surface area (Å²) in [6.07, 6.45) is 10.1. The van der Waals surface area contributed by atoms with E-state index in [0.29, 0.717) is 5.57 Å². The van der Waals surface area contributed by atoms with Gasteiger partial charge in [0.15, 0.2) is 0 Å². The first-order valence-corrected chi connectivity index (χ1v) is 2.54. The molecule has 9 heavy (non-hydrogen) atoms. The van der Waals surface area contributed by atoms with Crippen LogP contribution >= 0.6 is 0 Å². The maximum absolute atomic E-state index is 8.26. The predicted molar refractivity (Wildman–Crippen MR) is 37.3 cm³/mol. The number of allylic oxidation sites excluding steroid dienone is 4. The van der Waals surface area contributed by atoms with E-state index in [1.165, 1.54) is 0 Å². The molecule has 0 aliphatic heterocycles. The van der Waals surface area contributed by atoms with Crippen molar-refractivity contribution >= 4 is 0 Å². The van der Waals surface area contributed by atoms with Crippen LogP contribution < -0.4 is 0 Å². The Morgan fingerprint density at radius 3 is 2.67 bits per heavy atom. The fourth-order valence-corrected chi connectivity index (χ4v) is 0.310. The van der Waals surface area contributed by atoms with Crippen molar-refractivity contribution in [1.29, 1.82) is 5.26 Å². The minimum atomic E-state index is 0.355. The summed E-state index contributed by atoms with van der Waals surface area (Å²) in [5.74, 6) is 2.24. The molecular formula is C8H7N. The Bertz CT molecular complexity index is 192. The smallest absolute Gasteiger partial charge is 0.108 e. The molecule has 0 aromatic carbocycles. The summed E-state index contributed by atoms with van der Waals surface area (Å²) >= 11 is 0. The minimum absolute atomic E-state index is 0.355. The Kier molecular flexibility index (Phi) is 3.92. The van der Waals surface area contributed by atoms with Gasteiger partial charge in [-0.1, -0.05) is 18.1 Å². The quantitative estimate of drug-likeness (QED) is 0.291. The van der Waals surface area contributed by atoms with Crippen LogP contribution in [-0.4, -0.2) is 0 Å². The van der Waals surface area contributed by atoms with Crippen molar-refractivity contribution in [3.05, 3.63) is 23.8 Å². The third-order valence-electron chi connectivity index (χ3n) is 0.731. The molecule has 0 fully saturated rings. The molecule has 0 aliphatic carbocycles. The second-order valence-corrected chi connectivity index (χ2v) is 1.36. The van der Waals surface area contributed by atoms with Gasteiger partial charge in [-0.15, -0.1) is 6.42 Å². The van der Waals surface area contributed by atoms with Gasteiger partial charge in [0.05, 0.1) is 0 Å². The molecule has 0 saturated carbocycles. The highest BCUT2D eigenvalue weighted by molar-refractivity contribution is 5.40. The summed E-state index contributed by atoms with van der Waals surface area (Å²) in [5.41, 5.74) is 0.355. The molecule has 44 valence electrons. The lowest BCUT2D eigenvalue weighted by Gasteiger charge is -1.75. The number of nitriles is 1. The molecular weight excluding hydrogens is 110 g/mol. The second-order valence-electron chi connectivity index (χ2n) is 1.36. The average Bonchev–Trinajstić information content (AvgIpc) is 1.91. The van der Waals surface area contributed by atoms with Gasteiger partial charge >= 0.3 is 0 Å². The predicted octanol–water partition coefficient (Wildman–Crippen LogP) is 1.65. The van der Waals surface area contributed by atoms with E-state index in [9.17, 15) is 0 Å². The summed E-state index contributed by atoms with van der Waals surface area (Å²) in [5, 5.41) is 8.26. The van der Waals surface area contributed by atoms with Crippen LogP contribution in [0.1, 0.15) is 6.92 Å². The highest BCUT2D eigenvalue weighted by atomic mass is 14.2. The van der Waals surface area contributed by atoms with Crippen molar-refractivity contribution in [2.24, 2.45) is 0 Å². The van der Waals surface area contributed by atoms with Crippen LogP contribution in [0, 0.1) is 23.7 Å². The summed E-state index contributed by atoms with van der Waals surface area (Å²) in [6, 6.07) is 1.86. The zero-order valence-corrected chi connectivity index (χ0v) is 5.26. The number of hydrogen-bond acceptors (Lipinski definition) is 1. The topological polar surface area (TPSA) is 23.8 Å². The van der Waals surface area contributed by atoms with E-state index in [2.05, 4.69) is 5.92 Å². The molecule has 0 radical (unpaired) electrons. The monoisotopic (exact) mass is 117 g/mol. The van der Waals surface area contributed by atoms with E-state index in [1.807, 2.05) is 19.1 Å². The molecule has 0 unspecified atom stereocenters. The van der Waals surface area contributed by atoms with E-state index in [-0.39, 0.29) is 0 Å². The molecule has 0 amide bonds. The van der Waals surface area contributed by atoms with Crippen molar-refractivity contribution < 1.29 is 0 Å². The molecule has 0 saturated heterocycles. The molecule has 0 aromatic rings. The number of hydrogen-bond donors (Lipinski definition) is 0. The number of terminal acetylenes is 1. The third-order valence-corrected chi connectivity index (χ3v) is 0.731. The van der Waals surface area contributed by atoms with Gasteiger partial charge in [0, 0.05) is 0 Å². The molecule has 0 atom stereocenters. The van der Waals surface area contributed by atoms with E-state index in [4.69, 9.17) is 11.7 Å². The van der Waals surface area contributed by atoms with Crippen LogP contribution in [0.15, 0.2) is 23.8 Å². The highest BCUT2D eigenvalue weighted by Crippen LogP contribution is 1.88. The second kappa shape index (κ2) is 4.68. The molecule has 0 bridgehead atoms. The molecule has 1 heteroatoms. The van der Waals surface area contributed by atoms with Crippen molar-refractivity contribution in [1.82, 2.24) is 0 Å². The summed E-state index contributed by atoms with van der Waals surface area (Å²) in [4.78, 5) is 0. The van der Waals surface area contributed by atoms with Gasteiger partial charge in [-0.2, -0.15) is 5.26 Å². The van der Waals surface area contributed by atoms with Crippen LogP contribution in [0.25, 0.3) is 0 Å². The van der Waals surface area contributed by atoms with Gasteiger partial charge in [-0.05, 0) is 13.0 Å². The first kappa shape index (κ1) is 7.53. The molecule has 0 spiro atoms. The van der Waals surface area contributed by atoms with Crippen molar-refractivity contribution in [2.75, 3.05) is 0 Å². The summed E-state index contributed by atoms with van der Waals surface area (Å²) in [6.45, 7) is 1.86. The maximum Gasteiger partial charge on any atom is 0.108 e. The zero-order valence-electron chi connectivity index (χ0n) is 5.26. The van der Waals surface area contributed by atoms with Crippen molar-refractivity contribution in [2.45, 2.75) is 6.92 Å². The number of rotatable bonds is 1. The molecule has 0 N–H and O–H groups in total. The van der Waals surface area contributed by atoms with Gasteiger partial charge in [0.25, 0.3) is 0 Å². The van der Waals surface area contributed by atoms with E-state index >= 15 is 0 Å². The van der Waals surface area contributed by atoms with E-state index < -0.39 is 0 Å². The Morgan fingerprint density at radius 1 is 1.67 bits per heavy atom. The minimum Gasteiger partial charge on any atom is -0.192 e. The van der Waals surface area contributed by atoms with Gasteiger partial charge in [0.2, 0.25) is 0 Å². The Balaban J connectivity index is 4.18. The van der Waals surface area contributed by atoms with Crippen molar-refractivity contribution in [3.63, 3.8) is 0 Å². The Morgan fingerprint density at radius 2 is 2.33 bits per heavy atom. The van der Waals surface area contributed by atoms with Crippen LogP contribution in [0.3, 0.4) is 0 Å². The lowest BCUT2D eigenvalue weighted by molar-refractivity contribution is 1.51. The van der Waals surface area contributed by atoms with Crippen molar-refractivity contribution in [3.8, 4) is 18.4 Å². The Labute approximate surface area is 55.3 Å². The summed E-state index contributed by atoms with van der Waals surface area (Å²) < 4.78 is 0. The van der Waals surface area contributed by atoms with E-state index in [1.54, 1.807) is 12.2 Å². The molecule has 0 heterocycles. The lowest BCUT2D eigenvalue weighted by Crippen LogP contribution is -1.66. The van der Waals surface area contributed by atoms with E-state index in [0.717, 1.165) is 0 Å². The van der Waals surface area contributed by atoms with Gasteiger partial charge in [0.1, 0.15) is 11.6 Å². The van der Waals surface area contributed by atoms with Gasteiger partial charge < -0.3 is 0 Å². The Hall–Kier alpha value is -1.47. The third kappa shape index (κ3) is 3.14. The lowest BCUT2D eigenvalue weighted by atomic mass is 10.3. The molecule has 1 nitrogen and oxygen atoms in total. The SMILES string of the molecule is C#C/C(C#N)=C\C=C/C. The highest BCUT2D eigenvalue weighted by Gasteiger charge is 1.80. The molecule has 0 aromatic heterocycles. The zero-order chi connectivity index (χ0) is 7.11. The first-order valence-electron chi connectivity index (χ1n) is 2.54. The van der Waals surface area contributed by atoms with Gasteiger partial charge in [-0.3, -0.25) is 0 Å². The van der Waals surface area contributed by atoms with Gasteiger partial charge in [-0.25, -0.2) is 0 Å². The standard InChI is InChI=1S/C8H7N/c1-3-5-6-8(4-2)7-9/h2-3,5-6H,1H3/b5-3-,8-6+. The largest absolute Gasteiger partial charge is 0.192 e. The van der Waals surface area contributed by atoms with Crippen LogP contribution in [-0.2, 0) is 0 Å². The first-order chi connectivity index (χ1) is 4.35. The van der Waals surface area contributed by atoms with Crippen LogP contribution in [0.5, 0.6) is 0 Å². The fourth-order valence-electron chi connectivity index (χ4n) is 0.310. The normalized spacial score (nSPS) is 10.8. The number of nitrogens with zero attached hydrogens (tertiary/aromatic N) is 1. The van der Waals surface area contributed by atoms with Crippen LogP contribution in [0.2, 0.25) is 0 Å². The average molecular weight is 117 g/mol.